The number of aromatic nitrogens is 2. The molecule has 0 atom stereocenters. The fourth-order valence-corrected chi connectivity index (χ4v) is 3.78. The normalized spacial score (nSPS) is 11.1. The second-order valence-electron chi connectivity index (χ2n) is 5.75. The van der Waals surface area contributed by atoms with E-state index in [9.17, 15) is 4.79 Å². The number of nitrogens with one attached hydrogen (secondary N) is 2. The maximum absolute atomic E-state index is 11.4. The number of amides is 1. The third-order valence-electron chi connectivity index (χ3n) is 4.02. The van der Waals surface area contributed by atoms with Crippen molar-refractivity contribution in [3.8, 4) is 0 Å². The van der Waals surface area contributed by atoms with E-state index in [2.05, 4.69) is 44.1 Å². The lowest BCUT2D eigenvalue weighted by molar-refractivity contribution is -0.127. The smallest absolute Gasteiger partial charge is 0.262 e. The zero-order chi connectivity index (χ0) is 17.9. The monoisotopic (exact) mass is 460 g/mol. The molecule has 2 aromatic heterocycles. The van der Waals surface area contributed by atoms with Crippen LogP contribution in [0.1, 0.15) is 43.1 Å². The molecule has 0 aliphatic heterocycles. The Morgan fingerprint density at radius 2 is 1.96 bits per heavy atom. The Bertz CT molecular complexity index is 759. The van der Waals surface area contributed by atoms with Gasteiger partial charge in [-0.2, -0.15) is 0 Å². The maximum Gasteiger partial charge on any atom is 0.262 e. The van der Waals surface area contributed by atoms with E-state index in [1.165, 1.54) is 0 Å². The third-order valence-corrected chi connectivity index (χ3v) is 6.13. The molecule has 0 saturated heterocycles. The van der Waals surface area contributed by atoms with E-state index in [1.54, 1.807) is 5.48 Å². The molecule has 0 fully saturated rings. The van der Waals surface area contributed by atoms with Gasteiger partial charge >= 0.3 is 0 Å². The van der Waals surface area contributed by atoms with Crippen LogP contribution in [-0.4, -0.2) is 27.0 Å². The number of aryl methyl sites for hydroxylation is 2. The number of hydrogen-bond donors (Lipinski definition) is 3. The van der Waals surface area contributed by atoms with Crippen molar-refractivity contribution < 1.29 is 10.0 Å². The minimum Gasteiger partial charge on any atom is -0.360 e. The molecule has 0 saturated carbocycles. The Morgan fingerprint density at radius 1 is 1.25 bits per heavy atom. The molecule has 0 spiro atoms. The van der Waals surface area contributed by atoms with Gasteiger partial charge in [-0.15, -0.1) is 0 Å². The number of anilines is 1. The van der Waals surface area contributed by atoms with Gasteiger partial charge in [0.1, 0.15) is 5.82 Å². The van der Waals surface area contributed by atoms with E-state index in [0.29, 0.717) is 0 Å². The third kappa shape index (κ3) is 3.75. The van der Waals surface area contributed by atoms with Gasteiger partial charge in [0.25, 0.3) is 5.91 Å². The van der Waals surface area contributed by atoms with Crippen molar-refractivity contribution in [3.63, 3.8) is 0 Å². The topological polar surface area (TPSA) is 78.7 Å². The number of rotatable bonds is 7. The van der Waals surface area contributed by atoms with Crippen LogP contribution in [0.3, 0.4) is 0 Å². The number of carbonyl (C=O) groups excluding carboxylic acids is 1. The van der Waals surface area contributed by atoms with Crippen LogP contribution in [0.4, 0.5) is 5.82 Å². The Kier molecular flexibility index (Phi) is 6.65. The highest BCUT2D eigenvalue weighted by Crippen LogP contribution is 2.35. The number of fused-ring (bicyclic) bond motifs is 1. The minimum atomic E-state index is -0.493. The lowest BCUT2D eigenvalue weighted by Gasteiger charge is -2.13. The molecular formula is C16H22Br2N4O2. The van der Waals surface area contributed by atoms with Crippen molar-refractivity contribution in [1.82, 2.24) is 14.9 Å². The van der Waals surface area contributed by atoms with Crippen molar-refractivity contribution >= 4 is 49.2 Å². The second-order valence-corrected chi connectivity index (χ2v) is 7.34. The van der Waals surface area contributed by atoms with E-state index in [-0.39, 0.29) is 6.54 Å². The lowest BCUT2D eigenvalue weighted by Crippen LogP contribution is -2.27. The van der Waals surface area contributed by atoms with Gasteiger partial charge in [0, 0.05) is 10.2 Å². The molecule has 3 N–H and O–H groups in total. The first kappa shape index (κ1) is 19.2. The number of pyridine rings is 1. The van der Waals surface area contributed by atoms with Crippen LogP contribution in [0.25, 0.3) is 5.65 Å². The molecule has 0 aromatic carbocycles. The first-order valence-electron chi connectivity index (χ1n) is 7.94. The lowest BCUT2D eigenvalue weighted by atomic mass is 10.1. The van der Waals surface area contributed by atoms with E-state index in [4.69, 9.17) is 10.2 Å². The van der Waals surface area contributed by atoms with Crippen LogP contribution in [0.5, 0.6) is 0 Å². The predicted octanol–water partition coefficient (Wildman–Crippen LogP) is 4.13. The van der Waals surface area contributed by atoms with Crippen LogP contribution in [-0.2, 0) is 11.2 Å². The number of nitrogens with zero attached hydrogens (tertiary/aromatic N) is 2. The molecule has 1 amide bonds. The zero-order valence-electron chi connectivity index (χ0n) is 14.0. The standard InChI is InChI=1S/C16H22Br2N4O2/c1-4-5-6-7-11-15(19-8-12(23)21-24)22-10(3)13(17)9(2)14(18)16(22)20-11/h19,24H,4-8H2,1-3H3,(H,21,23). The molecule has 0 radical (unpaired) electrons. The molecule has 0 aliphatic rings. The molecular weight excluding hydrogens is 440 g/mol. The summed E-state index contributed by atoms with van der Waals surface area (Å²) < 4.78 is 3.93. The Balaban J connectivity index is 2.55. The SMILES string of the molecule is CCCCCc1nc2c(Br)c(C)c(Br)c(C)n2c1NCC(=O)NO. The van der Waals surface area contributed by atoms with Crippen LogP contribution in [0.15, 0.2) is 8.95 Å². The summed E-state index contributed by atoms with van der Waals surface area (Å²) in [5.74, 6) is 0.302. The summed E-state index contributed by atoms with van der Waals surface area (Å²) in [4.78, 5) is 16.2. The minimum absolute atomic E-state index is 0.0202. The number of imidazole rings is 1. The fraction of sp³-hybridized carbons (Fsp3) is 0.500. The number of carbonyl (C=O) groups is 1. The van der Waals surface area contributed by atoms with Gasteiger partial charge in [-0.3, -0.25) is 14.4 Å². The average molecular weight is 462 g/mol. The van der Waals surface area contributed by atoms with Gasteiger partial charge in [-0.25, -0.2) is 10.5 Å². The summed E-state index contributed by atoms with van der Waals surface area (Å²) in [5.41, 5.74) is 5.49. The van der Waals surface area contributed by atoms with Crippen LogP contribution < -0.4 is 10.8 Å². The van der Waals surface area contributed by atoms with Crippen molar-refractivity contribution in [3.05, 3.63) is 25.9 Å². The first-order valence-corrected chi connectivity index (χ1v) is 9.53. The summed E-state index contributed by atoms with van der Waals surface area (Å²) >= 11 is 7.25. The fourth-order valence-electron chi connectivity index (χ4n) is 2.67. The summed E-state index contributed by atoms with van der Waals surface area (Å²) in [5, 5.41) is 11.8. The average Bonchev–Trinajstić information content (AvgIpc) is 2.94. The van der Waals surface area contributed by atoms with E-state index >= 15 is 0 Å². The van der Waals surface area contributed by atoms with Gasteiger partial charge in [-0.1, -0.05) is 19.8 Å². The van der Waals surface area contributed by atoms with Crippen molar-refractivity contribution in [2.24, 2.45) is 0 Å². The largest absolute Gasteiger partial charge is 0.360 e. The zero-order valence-corrected chi connectivity index (χ0v) is 17.2. The first-order chi connectivity index (χ1) is 11.4. The van der Waals surface area contributed by atoms with Gasteiger partial charge in [0.2, 0.25) is 0 Å². The predicted molar refractivity (Wildman–Crippen MR) is 102 cm³/mol. The number of hydrogen-bond acceptors (Lipinski definition) is 4. The molecule has 0 unspecified atom stereocenters. The van der Waals surface area contributed by atoms with Gasteiger partial charge in [-0.05, 0) is 64.1 Å². The highest BCUT2D eigenvalue weighted by atomic mass is 79.9. The molecule has 2 rings (SSSR count). The summed E-state index contributed by atoms with van der Waals surface area (Å²) in [7, 11) is 0. The number of unbranched alkanes of at least 4 members (excludes halogenated alkanes) is 2. The molecule has 2 aromatic rings. The Hall–Kier alpha value is -1.12. The Morgan fingerprint density at radius 3 is 2.58 bits per heavy atom. The molecule has 2 heterocycles. The number of hydroxylamine groups is 1. The molecule has 24 heavy (non-hydrogen) atoms. The maximum atomic E-state index is 11.4. The molecule has 6 nitrogen and oxygen atoms in total. The molecule has 132 valence electrons. The van der Waals surface area contributed by atoms with E-state index in [0.717, 1.165) is 63.0 Å². The van der Waals surface area contributed by atoms with Gasteiger partial charge in [0.05, 0.1) is 16.7 Å². The van der Waals surface area contributed by atoms with Crippen molar-refractivity contribution in [2.45, 2.75) is 46.5 Å². The van der Waals surface area contributed by atoms with Crippen LogP contribution in [0.2, 0.25) is 0 Å². The summed E-state index contributed by atoms with van der Waals surface area (Å²) in [6, 6.07) is 0. The van der Waals surface area contributed by atoms with Crippen LogP contribution in [0, 0.1) is 13.8 Å². The van der Waals surface area contributed by atoms with Gasteiger partial charge in [0.15, 0.2) is 5.65 Å². The molecule has 0 aliphatic carbocycles. The quantitative estimate of drug-likeness (QED) is 0.329. The molecule has 8 heteroatoms. The molecule has 0 bridgehead atoms. The highest BCUT2D eigenvalue weighted by Gasteiger charge is 2.20. The van der Waals surface area contributed by atoms with E-state index in [1.807, 2.05) is 18.2 Å². The van der Waals surface area contributed by atoms with Crippen molar-refractivity contribution in [1.29, 1.82) is 0 Å². The van der Waals surface area contributed by atoms with Crippen molar-refractivity contribution in [2.75, 3.05) is 11.9 Å². The Labute approximate surface area is 158 Å². The van der Waals surface area contributed by atoms with Gasteiger partial charge < -0.3 is 5.32 Å². The summed E-state index contributed by atoms with van der Waals surface area (Å²) in [6.45, 7) is 6.17. The van der Waals surface area contributed by atoms with Crippen LogP contribution >= 0.6 is 31.9 Å². The second kappa shape index (κ2) is 8.31. The highest BCUT2D eigenvalue weighted by molar-refractivity contribution is 9.11. The summed E-state index contributed by atoms with van der Waals surface area (Å²) in [6.07, 6.45) is 4.14. The van der Waals surface area contributed by atoms with E-state index < -0.39 is 5.91 Å². The number of halogens is 2.